The summed E-state index contributed by atoms with van der Waals surface area (Å²) in [5, 5.41) is 20.7. The second-order valence-electron chi connectivity index (χ2n) is 7.04. The molecule has 1 aromatic heterocycles. The van der Waals surface area contributed by atoms with Crippen molar-refractivity contribution < 1.29 is 14.6 Å². The second kappa shape index (κ2) is 9.06. The summed E-state index contributed by atoms with van der Waals surface area (Å²) in [5.41, 5.74) is 1.55. The number of carbonyl (C=O) groups is 1. The van der Waals surface area contributed by atoms with Gasteiger partial charge in [-0.2, -0.15) is 0 Å². The van der Waals surface area contributed by atoms with Crippen LogP contribution in [0.5, 0.6) is 5.75 Å². The third-order valence-corrected chi connectivity index (χ3v) is 5.17. The quantitative estimate of drug-likeness (QED) is 0.625. The van der Waals surface area contributed by atoms with Gasteiger partial charge in [0.15, 0.2) is 5.82 Å². The first kappa shape index (κ1) is 20.1. The summed E-state index contributed by atoms with van der Waals surface area (Å²) in [6.45, 7) is 4.00. The topological polar surface area (TPSA) is 92.5 Å². The number of nitrogens with zero attached hydrogens (tertiary/aromatic N) is 4. The summed E-state index contributed by atoms with van der Waals surface area (Å²) in [7, 11) is 0. The van der Waals surface area contributed by atoms with Crippen LogP contribution in [-0.4, -0.2) is 43.8 Å². The largest absolute Gasteiger partial charge is 0.492 e. The van der Waals surface area contributed by atoms with Crippen molar-refractivity contribution in [1.82, 2.24) is 19.7 Å². The maximum atomic E-state index is 13.5. The highest BCUT2D eigenvalue weighted by molar-refractivity contribution is 5.96. The molecular formula is C22H25N5O3. The van der Waals surface area contributed by atoms with Gasteiger partial charge in [-0.25, -0.2) is 0 Å². The summed E-state index contributed by atoms with van der Waals surface area (Å²) in [5.74, 6) is 1.81. The Bertz CT molecular complexity index is 1010. The Morgan fingerprint density at radius 3 is 2.67 bits per heavy atom. The van der Waals surface area contributed by atoms with Gasteiger partial charge >= 0.3 is 0 Å². The SMILES string of the molecule is CCOc1ccccc1NC(=O)C(c1ccccc1)N1CCn2c(CO)nnc2C1. The Kier molecular flexibility index (Phi) is 6.06. The van der Waals surface area contributed by atoms with Crippen LogP contribution in [0.1, 0.15) is 30.2 Å². The number of anilines is 1. The Morgan fingerprint density at radius 1 is 1.13 bits per heavy atom. The Balaban J connectivity index is 1.62. The number of hydrogen-bond donors (Lipinski definition) is 2. The first-order valence-electron chi connectivity index (χ1n) is 10.0. The van der Waals surface area contributed by atoms with Gasteiger partial charge in [0.05, 0.1) is 18.8 Å². The summed E-state index contributed by atoms with van der Waals surface area (Å²) in [4.78, 5) is 15.5. The molecule has 156 valence electrons. The van der Waals surface area contributed by atoms with E-state index in [9.17, 15) is 9.90 Å². The molecule has 1 atom stereocenters. The fourth-order valence-electron chi connectivity index (χ4n) is 3.79. The number of fused-ring (bicyclic) bond motifs is 1. The molecule has 1 aliphatic rings. The number of rotatable bonds is 7. The summed E-state index contributed by atoms with van der Waals surface area (Å²) in [6, 6.07) is 16.6. The van der Waals surface area contributed by atoms with Crippen molar-refractivity contribution >= 4 is 11.6 Å². The molecule has 30 heavy (non-hydrogen) atoms. The molecule has 2 N–H and O–H groups in total. The Morgan fingerprint density at radius 2 is 1.90 bits per heavy atom. The van der Waals surface area contributed by atoms with Crippen LogP contribution in [-0.2, 0) is 24.5 Å². The lowest BCUT2D eigenvalue weighted by molar-refractivity contribution is -0.122. The fraction of sp³-hybridized carbons (Fsp3) is 0.318. The van der Waals surface area contributed by atoms with Gasteiger partial charge in [0.1, 0.15) is 24.2 Å². The van der Waals surface area contributed by atoms with Gasteiger partial charge in [0, 0.05) is 13.1 Å². The van der Waals surface area contributed by atoms with Crippen LogP contribution in [0.15, 0.2) is 54.6 Å². The number of benzene rings is 2. The number of nitrogens with one attached hydrogen (secondary N) is 1. The van der Waals surface area contributed by atoms with Crippen LogP contribution in [0, 0.1) is 0 Å². The predicted octanol–water partition coefficient (Wildman–Crippen LogP) is 2.36. The number of carbonyl (C=O) groups excluding carboxylic acids is 1. The van der Waals surface area contributed by atoms with Crippen LogP contribution >= 0.6 is 0 Å². The minimum absolute atomic E-state index is 0.135. The van der Waals surface area contributed by atoms with E-state index in [1.165, 1.54) is 0 Å². The molecule has 1 unspecified atom stereocenters. The Labute approximate surface area is 175 Å². The summed E-state index contributed by atoms with van der Waals surface area (Å²) in [6.07, 6.45) is 0. The molecule has 0 saturated heterocycles. The van der Waals surface area contributed by atoms with Gasteiger partial charge in [-0.3, -0.25) is 9.69 Å². The van der Waals surface area contributed by atoms with Crippen LogP contribution in [0.2, 0.25) is 0 Å². The second-order valence-corrected chi connectivity index (χ2v) is 7.04. The molecule has 4 rings (SSSR count). The maximum absolute atomic E-state index is 13.5. The van der Waals surface area contributed by atoms with Crippen molar-refractivity contribution in [2.75, 3.05) is 18.5 Å². The van der Waals surface area contributed by atoms with Crippen molar-refractivity contribution in [3.8, 4) is 5.75 Å². The van der Waals surface area contributed by atoms with E-state index in [1.54, 1.807) is 0 Å². The molecular weight excluding hydrogens is 382 g/mol. The lowest BCUT2D eigenvalue weighted by Gasteiger charge is -2.34. The first-order valence-corrected chi connectivity index (χ1v) is 10.0. The van der Waals surface area contributed by atoms with E-state index in [1.807, 2.05) is 66.1 Å². The van der Waals surface area contributed by atoms with Crippen LogP contribution < -0.4 is 10.1 Å². The normalized spacial score (nSPS) is 14.7. The van der Waals surface area contributed by atoms with Crippen molar-refractivity contribution in [3.05, 3.63) is 71.8 Å². The van der Waals surface area contributed by atoms with Gasteiger partial charge in [0.25, 0.3) is 0 Å². The van der Waals surface area contributed by atoms with Crippen LogP contribution in [0.25, 0.3) is 0 Å². The highest BCUT2D eigenvalue weighted by Crippen LogP contribution is 2.29. The molecule has 0 radical (unpaired) electrons. The van der Waals surface area contributed by atoms with Gasteiger partial charge < -0.3 is 19.7 Å². The van der Waals surface area contributed by atoms with Crippen LogP contribution in [0.4, 0.5) is 5.69 Å². The Hall–Kier alpha value is -3.23. The smallest absolute Gasteiger partial charge is 0.246 e. The lowest BCUT2D eigenvalue weighted by Crippen LogP contribution is -2.42. The summed E-state index contributed by atoms with van der Waals surface area (Å²) >= 11 is 0. The first-order chi connectivity index (χ1) is 14.7. The number of aromatic nitrogens is 3. The van der Waals surface area contributed by atoms with Gasteiger partial charge in [0.2, 0.25) is 5.91 Å². The number of aliphatic hydroxyl groups is 1. The zero-order chi connectivity index (χ0) is 20.9. The molecule has 8 nitrogen and oxygen atoms in total. The molecule has 2 aromatic carbocycles. The number of aliphatic hydroxyl groups excluding tert-OH is 1. The van der Waals surface area contributed by atoms with Crippen molar-refractivity contribution in [3.63, 3.8) is 0 Å². The minimum atomic E-state index is -0.496. The fourth-order valence-corrected chi connectivity index (χ4v) is 3.79. The molecule has 0 spiro atoms. The monoisotopic (exact) mass is 407 g/mol. The van der Waals surface area contributed by atoms with E-state index in [4.69, 9.17) is 4.74 Å². The average Bonchev–Trinajstić information content (AvgIpc) is 3.19. The van der Waals surface area contributed by atoms with Crippen molar-refractivity contribution in [1.29, 1.82) is 0 Å². The molecule has 0 saturated carbocycles. The number of para-hydroxylation sites is 2. The number of ether oxygens (including phenoxy) is 1. The number of hydrogen-bond acceptors (Lipinski definition) is 6. The maximum Gasteiger partial charge on any atom is 0.246 e. The molecule has 0 aliphatic carbocycles. The molecule has 3 aromatic rings. The number of amides is 1. The van der Waals surface area contributed by atoms with E-state index in [-0.39, 0.29) is 12.5 Å². The minimum Gasteiger partial charge on any atom is -0.492 e. The van der Waals surface area contributed by atoms with E-state index in [0.717, 1.165) is 11.4 Å². The third-order valence-electron chi connectivity index (χ3n) is 5.17. The van der Waals surface area contributed by atoms with E-state index in [0.29, 0.717) is 43.5 Å². The van der Waals surface area contributed by atoms with E-state index >= 15 is 0 Å². The molecule has 1 aliphatic heterocycles. The molecule has 8 heteroatoms. The highest BCUT2D eigenvalue weighted by Gasteiger charge is 2.32. The standard InChI is InChI=1S/C22H25N5O3/c1-2-30-18-11-7-6-10-17(18)23-22(29)21(16-8-4-3-5-9-16)26-12-13-27-19(14-26)24-25-20(27)15-28/h3-11,21,28H,2,12-15H2,1H3,(H,23,29). The molecule has 0 bridgehead atoms. The van der Waals surface area contributed by atoms with Crippen LogP contribution in [0.3, 0.4) is 0 Å². The van der Waals surface area contributed by atoms with E-state index in [2.05, 4.69) is 20.4 Å². The van der Waals surface area contributed by atoms with Crippen molar-refractivity contribution in [2.24, 2.45) is 0 Å². The molecule has 2 heterocycles. The molecule has 1 amide bonds. The zero-order valence-corrected chi connectivity index (χ0v) is 16.9. The van der Waals surface area contributed by atoms with E-state index < -0.39 is 6.04 Å². The highest BCUT2D eigenvalue weighted by atomic mass is 16.5. The van der Waals surface area contributed by atoms with Gasteiger partial charge in [-0.1, -0.05) is 42.5 Å². The summed E-state index contributed by atoms with van der Waals surface area (Å²) < 4.78 is 7.57. The molecule has 0 fully saturated rings. The zero-order valence-electron chi connectivity index (χ0n) is 16.9. The average molecular weight is 407 g/mol. The third kappa shape index (κ3) is 4.05. The predicted molar refractivity (Wildman–Crippen MR) is 112 cm³/mol. The lowest BCUT2D eigenvalue weighted by atomic mass is 10.0. The van der Waals surface area contributed by atoms with Crippen molar-refractivity contribution in [2.45, 2.75) is 32.7 Å². The van der Waals surface area contributed by atoms with Gasteiger partial charge in [-0.05, 0) is 24.6 Å². The van der Waals surface area contributed by atoms with Gasteiger partial charge in [-0.15, -0.1) is 10.2 Å².